The Labute approximate surface area is 124 Å². The summed E-state index contributed by atoms with van der Waals surface area (Å²) in [4.78, 5) is 8.35. The number of benzene rings is 1. The van der Waals surface area contributed by atoms with E-state index in [0.29, 0.717) is 23.0 Å². The van der Waals surface area contributed by atoms with Gasteiger partial charge in [0.1, 0.15) is 0 Å². The molecule has 1 N–H and O–H groups in total. The summed E-state index contributed by atoms with van der Waals surface area (Å²) < 4.78 is 14.7. The molecule has 0 fully saturated rings. The van der Waals surface area contributed by atoms with Gasteiger partial charge in [-0.2, -0.15) is 0 Å². The maximum absolute atomic E-state index is 13.8. The number of nitrogens with one attached hydrogen (secondary N) is 1. The van der Waals surface area contributed by atoms with Crippen molar-refractivity contribution in [2.75, 3.05) is 11.9 Å². The van der Waals surface area contributed by atoms with Crippen LogP contribution in [0.4, 0.5) is 10.2 Å². The molecule has 0 radical (unpaired) electrons. The van der Waals surface area contributed by atoms with E-state index in [0.717, 1.165) is 4.47 Å². The Morgan fingerprint density at radius 3 is 2.79 bits per heavy atom. The molecule has 100 valence electrons. The molecule has 1 aromatic heterocycles. The van der Waals surface area contributed by atoms with Gasteiger partial charge in [-0.15, -0.1) is 0 Å². The van der Waals surface area contributed by atoms with Crippen LogP contribution in [0.15, 0.2) is 22.7 Å². The summed E-state index contributed by atoms with van der Waals surface area (Å²) in [5.74, 6) is 0.166. The van der Waals surface area contributed by atoms with Gasteiger partial charge in [0.15, 0.2) is 17.5 Å². The van der Waals surface area contributed by atoms with Crippen molar-refractivity contribution in [3.05, 3.63) is 39.2 Å². The molecular weight excluding hydrogens is 333 g/mol. The molecule has 19 heavy (non-hydrogen) atoms. The largest absolute Gasteiger partial charge is 0.368 e. The highest BCUT2D eigenvalue weighted by atomic mass is 79.9. The first-order valence-electron chi connectivity index (χ1n) is 5.76. The van der Waals surface area contributed by atoms with E-state index in [1.54, 1.807) is 13.0 Å². The van der Waals surface area contributed by atoms with E-state index in [2.05, 4.69) is 31.2 Å². The SMILES string of the molecule is CCNc1nc(-c2cc(Br)ccc2Cl)nc(C)c1F. The van der Waals surface area contributed by atoms with Crippen LogP contribution in [0.2, 0.25) is 5.02 Å². The molecule has 1 heterocycles. The minimum atomic E-state index is -0.434. The molecule has 2 rings (SSSR count). The van der Waals surface area contributed by atoms with E-state index in [1.807, 2.05) is 19.1 Å². The molecule has 0 saturated heterocycles. The molecule has 0 spiro atoms. The van der Waals surface area contributed by atoms with E-state index in [9.17, 15) is 4.39 Å². The second-order valence-corrected chi connectivity index (χ2v) is 5.27. The molecule has 3 nitrogen and oxygen atoms in total. The van der Waals surface area contributed by atoms with Crippen molar-refractivity contribution < 1.29 is 4.39 Å². The van der Waals surface area contributed by atoms with Gasteiger partial charge in [0.25, 0.3) is 0 Å². The van der Waals surface area contributed by atoms with Gasteiger partial charge >= 0.3 is 0 Å². The lowest BCUT2D eigenvalue weighted by atomic mass is 10.2. The second kappa shape index (κ2) is 5.84. The van der Waals surface area contributed by atoms with Crippen LogP contribution in [0.5, 0.6) is 0 Å². The van der Waals surface area contributed by atoms with Crippen molar-refractivity contribution >= 4 is 33.3 Å². The van der Waals surface area contributed by atoms with Crippen molar-refractivity contribution in [3.8, 4) is 11.4 Å². The van der Waals surface area contributed by atoms with Gasteiger partial charge in [0, 0.05) is 16.6 Å². The van der Waals surface area contributed by atoms with Gasteiger partial charge in [-0.05, 0) is 32.0 Å². The summed E-state index contributed by atoms with van der Waals surface area (Å²) in [6.07, 6.45) is 0. The molecule has 0 aliphatic carbocycles. The first kappa shape index (κ1) is 14.2. The Hall–Kier alpha value is -1.20. The zero-order chi connectivity index (χ0) is 14.0. The van der Waals surface area contributed by atoms with Crippen LogP contribution < -0.4 is 5.32 Å². The van der Waals surface area contributed by atoms with Crippen LogP contribution in [0.1, 0.15) is 12.6 Å². The minimum Gasteiger partial charge on any atom is -0.368 e. The van der Waals surface area contributed by atoms with Gasteiger partial charge in [-0.25, -0.2) is 14.4 Å². The molecule has 0 unspecified atom stereocenters. The molecule has 0 aliphatic heterocycles. The van der Waals surface area contributed by atoms with E-state index in [1.165, 1.54) is 0 Å². The van der Waals surface area contributed by atoms with Crippen LogP contribution in [0.25, 0.3) is 11.4 Å². The number of aryl methyl sites for hydroxylation is 1. The Bertz CT molecular complexity index is 619. The molecule has 6 heteroatoms. The summed E-state index contributed by atoms with van der Waals surface area (Å²) in [6, 6.07) is 5.38. The Morgan fingerprint density at radius 2 is 2.11 bits per heavy atom. The van der Waals surface area contributed by atoms with E-state index in [-0.39, 0.29) is 11.5 Å². The van der Waals surface area contributed by atoms with Crippen LogP contribution in [-0.4, -0.2) is 16.5 Å². The normalized spacial score (nSPS) is 10.6. The highest BCUT2D eigenvalue weighted by Crippen LogP contribution is 2.30. The number of nitrogens with zero attached hydrogens (tertiary/aromatic N) is 2. The highest BCUT2D eigenvalue weighted by Gasteiger charge is 2.14. The predicted molar refractivity (Wildman–Crippen MR) is 79.0 cm³/mol. The van der Waals surface area contributed by atoms with Gasteiger partial charge < -0.3 is 5.32 Å². The van der Waals surface area contributed by atoms with Crippen LogP contribution in [0, 0.1) is 12.7 Å². The smallest absolute Gasteiger partial charge is 0.186 e. The lowest BCUT2D eigenvalue weighted by molar-refractivity contribution is 0.606. The van der Waals surface area contributed by atoms with Gasteiger partial charge in [0.05, 0.1) is 10.7 Å². The van der Waals surface area contributed by atoms with E-state index >= 15 is 0 Å². The van der Waals surface area contributed by atoms with Gasteiger partial charge in [-0.1, -0.05) is 27.5 Å². The fourth-order valence-electron chi connectivity index (χ4n) is 1.63. The average molecular weight is 345 g/mol. The summed E-state index contributed by atoms with van der Waals surface area (Å²) in [6.45, 7) is 4.06. The topological polar surface area (TPSA) is 37.8 Å². The number of halogens is 3. The Balaban J connectivity index is 2.59. The third kappa shape index (κ3) is 3.04. The molecule has 2 aromatic rings. The Morgan fingerprint density at radius 1 is 1.37 bits per heavy atom. The molecule has 0 amide bonds. The van der Waals surface area contributed by atoms with E-state index < -0.39 is 5.82 Å². The lowest BCUT2D eigenvalue weighted by Crippen LogP contribution is -2.07. The van der Waals surface area contributed by atoms with Gasteiger partial charge in [-0.3, -0.25) is 0 Å². The number of rotatable bonds is 3. The van der Waals surface area contributed by atoms with Crippen molar-refractivity contribution in [2.24, 2.45) is 0 Å². The second-order valence-electron chi connectivity index (χ2n) is 3.95. The lowest BCUT2D eigenvalue weighted by Gasteiger charge is -2.10. The number of aromatic nitrogens is 2. The highest BCUT2D eigenvalue weighted by molar-refractivity contribution is 9.10. The molecule has 1 aromatic carbocycles. The van der Waals surface area contributed by atoms with Crippen molar-refractivity contribution in [1.29, 1.82) is 0 Å². The Kier molecular flexibility index (Phi) is 4.37. The van der Waals surface area contributed by atoms with Crippen molar-refractivity contribution in [1.82, 2.24) is 9.97 Å². The molecule has 0 atom stereocenters. The zero-order valence-corrected chi connectivity index (χ0v) is 12.8. The summed E-state index contributed by atoms with van der Waals surface area (Å²) in [7, 11) is 0. The van der Waals surface area contributed by atoms with Gasteiger partial charge in [0.2, 0.25) is 0 Å². The van der Waals surface area contributed by atoms with Crippen LogP contribution in [-0.2, 0) is 0 Å². The molecule has 0 bridgehead atoms. The number of anilines is 1. The first-order chi connectivity index (χ1) is 9.02. The first-order valence-corrected chi connectivity index (χ1v) is 6.93. The predicted octanol–water partition coefficient (Wildman–Crippen LogP) is 4.44. The number of hydrogen-bond donors (Lipinski definition) is 1. The maximum atomic E-state index is 13.8. The maximum Gasteiger partial charge on any atom is 0.186 e. The standard InChI is InChI=1S/C13H12BrClFN3/c1-3-17-13-11(16)7(2)18-12(19-13)9-6-8(14)4-5-10(9)15/h4-6H,3H2,1-2H3,(H,17,18,19). The zero-order valence-electron chi connectivity index (χ0n) is 10.5. The number of hydrogen-bond acceptors (Lipinski definition) is 3. The summed E-state index contributed by atoms with van der Waals surface area (Å²) in [5.41, 5.74) is 0.954. The van der Waals surface area contributed by atoms with Crippen molar-refractivity contribution in [2.45, 2.75) is 13.8 Å². The molecule has 0 aliphatic rings. The summed E-state index contributed by atoms with van der Waals surface area (Å²) >= 11 is 9.51. The summed E-state index contributed by atoms with van der Waals surface area (Å²) in [5, 5.41) is 3.40. The van der Waals surface area contributed by atoms with Crippen molar-refractivity contribution in [3.63, 3.8) is 0 Å². The quantitative estimate of drug-likeness (QED) is 0.894. The van der Waals surface area contributed by atoms with Crippen LogP contribution in [0.3, 0.4) is 0 Å². The third-order valence-corrected chi connectivity index (χ3v) is 3.35. The fourth-order valence-corrected chi connectivity index (χ4v) is 2.20. The molecule has 0 saturated carbocycles. The minimum absolute atomic E-state index is 0.195. The monoisotopic (exact) mass is 343 g/mol. The average Bonchev–Trinajstić information content (AvgIpc) is 2.38. The van der Waals surface area contributed by atoms with E-state index in [4.69, 9.17) is 11.6 Å². The molecular formula is C13H12BrClFN3. The van der Waals surface area contributed by atoms with Crippen LogP contribution >= 0.6 is 27.5 Å². The fraction of sp³-hybridized carbons (Fsp3) is 0.231. The third-order valence-electron chi connectivity index (χ3n) is 2.53.